The number of rotatable bonds is 22. The largest absolute Gasteiger partial charge is 0.391 e. The third-order valence-electron chi connectivity index (χ3n) is 13.0. The molecular weight excluding hydrogens is 915 g/mol. The van der Waals surface area contributed by atoms with Gasteiger partial charge in [-0.1, -0.05) is 69.3 Å². The topological polar surface area (TPSA) is 229 Å². The molecule has 3 aliphatic heterocycles. The Labute approximate surface area is 413 Å². The molecule has 0 saturated carbocycles. The summed E-state index contributed by atoms with van der Waals surface area (Å²) in [5.41, 5.74) is 7.56. The quantitative estimate of drug-likeness (QED) is 0.0715. The molecule has 0 bridgehead atoms. The zero-order valence-electron chi connectivity index (χ0n) is 40.6. The summed E-state index contributed by atoms with van der Waals surface area (Å²) in [5, 5.41) is 29.8. The lowest BCUT2D eigenvalue weighted by atomic mass is 9.85. The molecule has 0 radical (unpaired) electrons. The van der Waals surface area contributed by atoms with Crippen molar-refractivity contribution in [3.05, 3.63) is 100 Å². The van der Waals surface area contributed by atoms with Crippen molar-refractivity contribution in [2.45, 2.75) is 97.2 Å². The predicted molar refractivity (Wildman–Crippen MR) is 262 cm³/mol. The molecule has 2 saturated heterocycles. The second-order valence-electron chi connectivity index (χ2n) is 19.5. The molecule has 70 heavy (non-hydrogen) atoms. The van der Waals surface area contributed by atoms with Crippen LogP contribution in [0.25, 0.3) is 10.4 Å². The molecule has 3 aliphatic rings. The SMILES string of the molecule is Cc1ncsc1-c1ccc(CNC(=O)[C@@H]2C[C@@H](O)CN2C(=O)[C@@H](NC(=O)CCOCCOCCC(=O)N2CC(Cc3cc(C(=O)NC[C@H](O)CN4CCc5ccccc5C4)ncn3)C2)C(C)(C)C)cc1. The number of carbonyl (C=O) groups is 5. The van der Waals surface area contributed by atoms with Gasteiger partial charge < -0.3 is 45.4 Å². The summed E-state index contributed by atoms with van der Waals surface area (Å²) < 4.78 is 11.2. The highest BCUT2D eigenvalue weighted by Crippen LogP contribution is 2.29. The van der Waals surface area contributed by atoms with Crippen LogP contribution in [0.3, 0.4) is 0 Å². The Balaban J connectivity index is 0.737. The number of ether oxygens (including phenoxy) is 2. The van der Waals surface area contributed by atoms with Gasteiger partial charge in [0.15, 0.2) is 0 Å². The number of likely N-dealkylation sites (tertiary alicyclic amines) is 2. The van der Waals surface area contributed by atoms with E-state index in [1.165, 1.54) is 22.4 Å². The van der Waals surface area contributed by atoms with E-state index >= 15 is 0 Å². The second-order valence-corrected chi connectivity index (χ2v) is 20.4. The molecule has 4 aromatic rings. The van der Waals surface area contributed by atoms with E-state index in [-0.39, 0.29) is 94.7 Å². The monoisotopic (exact) mass is 981 g/mol. The van der Waals surface area contributed by atoms with E-state index in [0.29, 0.717) is 31.7 Å². The number of hydrogen-bond donors (Lipinski definition) is 5. The molecule has 0 aliphatic carbocycles. The summed E-state index contributed by atoms with van der Waals surface area (Å²) >= 11 is 1.57. The van der Waals surface area contributed by atoms with Crippen LogP contribution in [0.2, 0.25) is 0 Å². The van der Waals surface area contributed by atoms with Crippen LogP contribution in [-0.2, 0) is 54.6 Å². The van der Waals surface area contributed by atoms with E-state index in [4.69, 9.17) is 9.47 Å². The minimum absolute atomic E-state index is 0.00850. The van der Waals surface area contributed by atoms with Crippen LogP contribution < -0.4 is 16.0 Å². The third-order valence-corrected chi connectivity index (χ3v) is 13.9. The van der Waals surface area contributed by atoms with Gasteiger partial charge in [0, 0.05) is 70.9 Å². The Morgan fingerprint density at radius 3 is 2.34 bits per heavy atom. The first-order valence-electron chi connectivity index (χ1n) is 24.2. The van der Waals surface area contributed by atoms with Crippen molar-refractivity contribution in [2.24, 2.45) is 11.3 Å². The van der Waals surface area contributed by atoms with Crippen LogP contribution in [0.1, 0.15) is 78.6 Å². The van der Waals surface area contributed by atoms with Crippen molar-refractivity contribution in [3.63, 3.8) is 0 Å². The van der Waals surface area contributed by atoms with Crippen LogP contribution in [-0.4, -0.2) is 159 Å². The number of carbonyl (C=O) groups excluding carboxylic acids is 5. The molecule has 18 nitrogen and oxygen atoms in total. The van der Waals surface area contributed by atoms with Gasteiger partial charge in [0.05, 0.1) is 61.1 Å². The number of aliphatic hydroxyl groups is 2. The van der Waals surface area contributed by atoms with E-state index in [0.717, 1.165) is 41.2 Å². The third kappa shape index (κ3) is 14.4. The highest BCUT2D eigenvalue weighted by Gasteiger charge is 2.44. The lowest BCUT2D eigenvalue weighted by Crippen LogP contribution is -2.57. The van der Waals surface area contributed by atoms with Crippen LogP contribution in [0.15, 0.2) is 66.4 Å². The fraction of sp³-hybridized carbons (Fsp3) is 0.529. The number of aromatic nitrogens is 3. The molecule has 2 fully saturated rings. The molecule has 7 rings (SSSR count). The van der Waals surface area contributed by atoms with E-state index < -0.39 is 41.5 Å². The molecule has 2 aromatic heterocycles. The molecule has 0 spiro atoms. The number of benzene rings is 2. The average molecular weight is 982 g/mol. The number of thiazole rings is 1. The van der Waals surface area contributed by atoms with Crippen molar-refractivity contribution in [1.82, 2.24) is 45.6 Å². The molecule has 2 aromatic carbocycles. The number of nitrogens with one attached hydrogen (secondary N) is 3. The summed E-state index contributed by atoms with van der Waals surface area (Å²) in [6.45, 7) is 11.8. The first kappa shape index (κ1) is 52.1. The molecule has 19 heteroatoms. The summed E-state index contributed by atoms with van der Waals surface area (Å²) in [4.78, 5) is 85.3. The van der Waals surface area contributed by atoms with Gasteiger partial charge in [-0.15, -0.1) is 11.3 Å². The minimum Gasteiger partial charge on any atom is -0.391 e. The molecule has 4 atom stereocenters. The number of aliphatic hydroxyl groups excluding tert-OH is 2. The van der Waals surface area contributed by atoms with Gasteiger partial charge in [0.1, 0.15) is 24.1 Å². The maximum absolute atomic E-state index is 14.0. The van der Waals surface area contributed by atoms with E-state index in [1.54, 1.807) is 22.3 Å². The van der Waals surface area contributed by atoms with E-state index in [9.17, 15) is 34.2 Å². The van der Waals surface area contributed by atoms with Gasteiger partial charge in [-0.05, 0) is 59.4 Å². The van der Waals surface area contributed by atoms with Crippen molar-refractivity contribution in [3.8, 4) is 10.4 Å². The Kier molecular flexibility index (Phi) is 18.2. The summed E-state index contributed by atoms with van der Waals surface area (Å²) in [7, 11) is 0. The van der Waals surface area contributed by atoms with Gasteiger partial charge in [-0.2, -0.15) is 0 Å². The summed E-state index contributed by atoms with van der Waals surface area (Å²) in [6.07, 6.45) is 1.60. The molecule has 5 N–H and O–H groups in total. The Bertz CT molecular complexity index is 2420. The zero-order chi connectivity index (χ0) is 49.8. The first-order chi connectivity index (χ1) is 33.6. The van der Waals surface area contributed by atoms with Crippen LogP contribution in [0.4, 0.5) is 0 Å². The highest BCUT2D eigenvalue weighted by molar-refractivity contribution is 7.13. The number of nitrogens with zero attached hydrogens (tertiary/aromatic N) is 6. The van der Waals surface area contributed by atoms with Crippen LogP contribution in [0, 0.1) is 18.3 Å². The van der Waals surface area contributed by atoms with Crippen molar-refractivity contribution in [1.29, 1.82) is 0 Å². The van der Waals surface area contributed by atoms with Crippen LogP contribution >= 0.6 is 11.3 Å². The average Bonchev–Trinajstić information content (AvgIpc) is 3.95. The maximum atomic E-state index is 14.0. The lowest BCUT2D eigenvalue weighted by Gasteiger charge is -2.39. The lowest BCUT2D eigenvalue weighted by molar-refractivity contribution is -0.144. The number of amides is 5. The molecule has 5 amide bonds. The van der Waals surface area contributed by atoms with Gasteiger partial charge >= 0.3 is 0 Å². The Morgan fingerprint density at radius 1 is 0.900 bits per heavy atom. The molecular formula is C51H67N9O9S. The fourth-order valence-corrected chi connectivity index (χ4v) is 9.83. The molecule has 0 unspecified atom stereocenters. The second kappa shape index (κ2) is 24.4. The number of hydrogen-bond acceptors (Lipinski definition) is 14. The number of β-amino-alcohol motifs (C(OH)–C–C–N with tert-alkyl or cyclic N) is 2. The van der Waals surface area contributed by atoms with Crippen molar-refractivity contribution >= 4 is 40.9 Å². The summed E-state index contributed by atoms with van der Waals surface area (Å²) in [6, 6.07) is 16.0. The van der Waals surface area contributed by atoms with E-state index in [1.807, 2.05) is 69.6 Å². The van der Waals surface area contributed by atoms with Crippen molar-refractivity contribution in [2.75, 3.05) is 65.7 Å². The number of aryl methyl sites for hydroxylation is 1. The minimum atomic E-state index is -0.953. The number of fused-ring (bicyclic) bond motifs is 1. The molecule has 376 valence electrons. The first-order valence-corrected chi connectivity index (χ1v) is 25.0. The van der Waals surface area contributed by atoms with Gasteiger partial charge in [0.25, 0.3) is 5.91 Å². The standard InChI is InChI=1S/C51H67N9O9S/c1-33-46(70-32-56-33)37-11-9-34(10-12-37)24-52-49(66)43-23-40(61)30-60(43)50(67)47(51(2,3)4)57-44(63)14-17-68-19-20-69-18-15-45(64)59-26-35(27-59)21-39-22-42(55-31-54-39)48(65)53-25-41(62)29-58-16-13-36-7-5-6-8-38(36)28-58/h5-12,22,31-32,35,40-41,43,47,61-62H,13-21,23-30H2,1-4H3,(H,52,66)(H,53,65)(H,57,63)/t40-,41+,43+,47-/m1/s1. The predicted octanol–water partition coefficient (Wildman–Crippen LogP) is 2.68. The molecule has 5 heterocycles. The Morgan fingerprint density at radius 2 is 1.63 bits per heavy atom. The zero-order valence-corrected chi connectivity index (χ0v) is 41.4. The van der Waals surface area contributed by atoms with Gasteiger partial charge in [-0.3, -0.25) is 28.9 Å². The summed E-state index contributed by atoms with van der Waals surface area (Å²) in [5.74, 6) is -1.40. The smallest absolute Gasteiger partial charge is 0.270 e. The van der Waals surface area contributed by atoms with E-state index in [2.05, 4.69) is 47.9 Å². The van der Waals surface area contributed by atoms with Crippen LogP contribution in [0.5, 0.6) is 0 Å². The van der Waals surface area contributed by atoms with Gasteiger partial charge in [0.2, 0.25) is 23.6 Å². The Hall–Kier alpha value is -5.70. The highest BCUT2D eigenvalue weighted by atomic mass is 32.1. The van der Waals surface area contributed by atoms with Gasteiger partial charge in [-0.25, -0.2) is 15.0 Å². The maximum Gasteiger partial charge on any atom is 0.270 e. The fourth-order valence-electron chi connectivity index (χ4n) is 9.02. The van der Waals surface area contributed by atoms with Crippen molar-refractivity contribution < 1.29 is 43.7 Å². The normalized spacial score (nSPS) is 18.1.